The number of para-hydroxylation sites is 1. The van der Waals surface area contributed by atoms with Crippen molar-refractivity contribution >= 4 is 23.3 Å². The maximum absolute atomic E-state index is 13.9. The van der Waals surface area contributed by atoms with E-state index in [9.17, 15) is 41.2 Å². The molecule has 1 N–H and O–H groups in total. The van der Waals surface area contributed by atoms with E-state index in [1.807, 2.05) is 6.07 Å². The van der Waals surface area contributed by atoms with Crippen molar-refractivity contribution in [3.8, 4) is 17.5 Å². The van der Waals surface area contributed by atoms with E-state index in [4.69, 9.17) is 11.6 Å². The zero-order valence-electron chi connectivity index (χ0n) is 25.0. The zero-order chi connectivity index (χ0) is 35.5. The molecule has 2 aromatic heterocycles. The molecule has 18 heteroatoms. The number of hydrogen-bond donors (Lipinski definition) is 1. The third-order valence-electron chi connectivity index (χ3n) is 6.93. The van der Waals surface area contributed by atoms with Gasteiger partial charge in [-0.05, 0) is 71.3 Å². The van der Waals surface area contributed by atoms with E-state index >= 15 is 0 Å². The van der Waals surface area contributed by atoms with Gasteiger partial charge in [0.15, 0.2) is 5.78 Å². The van der Waals surface area contributed by atoms with Gasteiger partial charge < -0.3 is 10.1 Å². The van der Waals surface area contributed by atoms with Crippen LogP contribution in [0.25, 0.3) is 5.69 Å². The molecule has 0 aliphatic rings. The largest absolute Gasteiger partial charge is 0.573 e. The highest BCUT2D eigenvalue weighted by molar-refractivity contribution is 6.32. The molecule has 0 aliphatic carbocycles. The molecule has 0 unspecified atom stereocenters. The van der Waals surface area contributed by atoms with Crippen molar-refractivity contribution < 1.29 is 40.7 Å². The number of carbonyl (C=O) groups excluding carboxylic acids is 2. The Kier molecular flexibility index (Phi) is 9.71. The molecule has 49 heavy (non-hydrogen) atoms. The standard InChI is InChI=1S/C31H21ClF6N8O3/c1-17-10-19(14-39)11-23(28(48)40-15-18-6-8-21(9-7-18)49-31(36,37)38)22(17)13-27(47)26-12-20(16-45-43-29(41-44-45)30(33,34)35)42-46(26)25-5-3-2-4-24(25)32/h2-12H,13,15-16H2,1H3,(H,40,48). The van der Waals surface area contributed by atoms with Crippen molar-refractivity contribution in [3.05, 3.63) is 117 Å². The van der Waals surface area contributed by atoms with E-state index in [1.54, 1.807) is 31.2 Å². The van der Waals surface area contributed by atoms with E-state index in [-0.39, 0.29) is 58.3 Å². The number of nitrogens with one attached hydrogen (secondary N) is 1. The smallest absolute Gasteiger partial charge is 0.406 e. The summed E-state index contributed by atoms with van der Waals surface area (Å²) in [6.45, 7) is 1.11. The maximum atomic E-state index is 13.9. The molecule has 0 atom stereocenters. The molecule has 0 saturated carbocycles. The fourth-order valence-corrected chi connectivity index (χ4v) is 4.95. The number of rotatable bonds is 10. The van der Waals surface area contributed by atoms with Gasteiger partial charge in [0.2, 0.25) is 0 Å². The minimum absolute atomic E-state index is 0.00236. The minimum atomic E-state index is -4.87. The number of nitriles is 1. The van der Waals surface area contributed by atoms with Crippen LogP contribution in [0.2, 0.25) is 5.02 Å². The lowest BCUT2D eigenvalue weighted by atomic mass is 9.93. The number of ketones is 1. The summed E-state index contributed by atoms with van der Waals surface area (Å²) in [5.74, 6) is -3.13. The van der Waals surface area contributed by atoms with Crippen LogP contribution in [-0.2, 0) is 25.7 Å². The van der Waals surface area contributed by atoms with Crippen molar-refractivity contribution in [2.24, 2.45) is 0 Å². The highest BCUT2D eigenvalue weighted by atomic mass is 35.5. The first-order valence-corrected chi connectivity index (χ1v) is 14.4. The van der Waals surface area contributed by atoms with E-state index in [0.29, 0.717) is 15.9 Å². The summed E-state index contributed by atoms with van der Waals surface area (Å²) in [5, 5.41) is 26.5. The number of amides is 1. The maximum Gasteiger partial charge on any atom is 0.573 e. The fraction of sp³-hybridized carbons (Fsp3) is 0.194. The summed E-state index contributed by atoms with van der Waals surface area (Å²) in [6, 6.07) is 17.3. The van der Waals surface area contributed by atoms with E-state index < -0.39 is 35.8 Å². The molecular weight excluding hydrogens is 682 g/mol. The van der Waals surface area contributed by atoms with Crippen LogP contribution in [0.15, 0.2) is 66.7 Å². The Morgan fingerprint density at radius 1 is 1.00 bits per heavy atom. The van der Waals surface area contributed by atoms with Crippen molar-refractivity contribution in [1.29, 1.82) is 5.26 Å². The van der Waals surface area contributed by atoms with Crippen LogP contribution in [0.4, 0.5) is 26.3 Å². The van der Waals surface area contributed by atoms with Crippen LogP contribution < -0.4 is 10.1 Å². The molecule has 0 bridgehead atoms. The van der Waals surface area contributed by atoms with Crippen molar-refractivity contribution in [3.63, 3.8) is 0 Å². The molecule has 5 aromatic rings. The Balaban J connectivity index is 1.43. The summed E-state index contributed by atoms with van der Waals surface area (Å²) in [7, 11) is 0. The first-order valence-electron chi connectivity index (χ1n) is 14.0. The number of hydrogen-bond acceptors (Lipinski definition) is 8. The van der Waals surface area contributed by atoms with Gasteiger partial charge >= 0.3 is 12.5 Å². The van der Waals surface area contributed by atoms with Crippen LogP contribution in [0.3, 0.4) is 0 Å². The lowest BCUT2D eigenvalue weighted by Crippen LogP contribution is -2.25. The van der Waals surface area contributed by atoms with Gasteiger partial charge in [0.05, 0.1) is 28.0 Å². The lowest BCUT2D eigenvalue weighted by molar-refractivity contribution is -0.274. The van der Waals surface area contributed by atoms with Gasteiger partial charge in [0.25, 0.3) is 11.7 Å². The number of aryl methyl sites for hydroxylation is 1. The number of tetrazole rings is 1. The van der Waals surface area contributed by atoms with Gasteiger partial charge in [0.1, 0.15) is 18.0 Å². The Morgan fingerprint density at radius 2 is 1.71 bits per heavy atom. The molecular formula is C31H21ClF6N8O3. The lowest BCUT2D eigenvalue weighted by Gasteiger charge is -2.15. The molecule has 3 aromatic carbocycles. The molecule has 2 heterocycles. The fourth-order valence-electron chi connectivity index (χ4n) is 4.74. The number of nitrogens with zero attached hydrogens (tertiary/aromatic N) is 7. The number of carbonyl (C=O) groups is 2. The summed E-state index contributed by atoms with van der Waals surface area (Å²) in [4.78, 5) is 28.0. The minimum Gasteiger partial charge on any atom is -0.406 e. The molecule has 0 fully saturated rings. The molecule has 0 spiro atoms. The van der Waals surface area contributed by atoms with Gasteiger partial charge in [-0.15, -0.1) is 23.4 Å². The van der Waals surface area contributed by atoms with Crippen LogP contribution in [0.1, 0.15) is 54.6 Å². The number of halogens is 7. The predicted molar refractivity (Wildman–Crippen MR) is 159 cm³/mol. The summed E-state index contributed by atoms with van der Waals surface area (Å²) in [6.07, 6.45) is -10.1. The first-order chi connectivity index (χ1) is 23.1. The molecule has 0 aliphatic heterocycles. The number of alkyl halides is 6. The van der Waals surface area contributed by atoms with Crippen molar-refractivity contribution in [2.45, 2.75) is 39.0 Å². The third-order valence-corrected chi connectivity index (χ3v) is 7.25. The Bertz CT molecular complexity index is 2070. The predicted octanol–water partition coefficient (Wildman–Crippen LogP) is 6.01. The summed E-state index contributed by atoms with van der Waals surface area (Å²) < 4.78 is 81.6. The van der Waals surface area contributed by atoms with Gasteiger partial charge in [-0.2, -0.15) is 28.3 Å². The van der Waals surface area contributed by atoms with Gasteiger partial charge in [-0.25, -0.2) is 4.68 Å². The second-order valence-electron chi connectivity index (χ2n) is 10.4. The second-order valence-corrected chi connectivity index (χ2v) is 10.8. The monoisotopic (exact) mass is 702 g/mol. The SMILES string of the molecule is Cc1cc(C#N)cc(C(=O)NCc2ccc(OC(F)(F)F)cc2)c1CC(=O)c1cc(Cn2nnc(C(F)(F)F)n2)nn1-c1ccccc1Cl. The average molecular weight is 703 g/mol. The average Bonchev–Trinajstić information content (AvgIpc) is 3.69. The van der Waals surface area contributed by atoms with Gasteiger partial charge in [-0.3, -0.25) is 9.59 Å². The molecule has 252 valence electrons. The molecule has 5 rings (SSSR count). The normalized spacial score (nSPS) is 11.7. The van der Waals surface area contributed by atoms with E-state index in [0.717, 1.165) is 12.1 Å². The molecule has 0 saturated heterocycles. The van der Waals surface area contributed by atoms with Gasteiger partial charge in [-0.1, -0.05) is 35.9 Å². The number of Topliss-reactive ketones (excluding diaryl/α,β-unsaturated/α-hetero) is 1. The second kappa shape index (κ2) is 13.8. The van der Waals surface area contributed by atoms with Gasteiger partial charge in [0, 0.05) is 18.5 Å². The van der Waals surface area contributed by atoms with Crippen LogP contribution in [0, 0.1) is 18.3 Å². The summed E-state index contributed by atoms with van der Waals surface area (Å²) in [5.41, 5.74) is 1.60. The number of aromatic nitrogens is 6. The Labute approximate surface area is 277 Å². The molecule has 1 amide bonds. The highest BCUT2D eigenvalue weighted by Gasteiger charge is 2.37. The van der Waals surface area contributed by atoms with Crippen LogP contribution in [0.5, 0.6) is 5.75 Å². The Hall–Kier alpha value is -5.76. The Morgan fingerprint density at radius 3 is 2.35 bits per heavy atom. The quantitative estimate of drug-likeness (QED) is 0.138. The van der Waals surface area contributed by atoms with Crippen molar-refractivity contribution in [1.82, 2.24) is 35.3 Å². The molecule has 11 nitrogen and oxygen atoms in total. The topological polar surface area (TPSA) is 141 Å². The van der Waals surface area contributed by atoms with Crippen LogP contribution >= 0.6 is 11.6 Å². The highest BCUT2D eigenvalue weighted by Crippen LogP contribution is 2.27. The first kappa shape index (κ1) is 34.6. The zero-order valence-corrected chi connectivity index (χ0v) is 25.7. The summed E-state index contributed by atoms with van der Waals surface area (Å²) >= 11 is 6.39. The van der Waals surface area contributed by atoms with E-state index in [1.165, 1.54) is 35.0 Å². The third kappa shape index (κ3) is 8.40. The van der Waals surface area contributed by atoms with E-state index in [2.05, 4.69) is 30.6 Å². The number of benzene rings is 3. The van der Waals surface area contributed by atoms with Crippen molar-refractivity contribution in [2.75, 3.05) is 0 Å². The van der Waals surface area contributed by atoms with Crippen LogP contribution in [-0.4, -0.2) is 48.0 Å². The molecule has 0 radical (unpaired) electrons. The number of ether oxygens (including phenoxy) is 1.